The molecule has 8 aromatic rings. The van der Waals surface area contributed by atoms with Crippen LogP contribution in [0.15, 0.2) is 212 Å². The molecule has 0 saturated heterocycles. The fourth-order valence-electron chi connectivity index (χ4n) is 8.04. The van der Waals surface area contributed by atoms with Crippen molar-refractivity contribution >= 4 is 66.9 Å². The molecule has 1 heterocycles. The summed E-state index contributed by atoms with van der Waals surface area (Å²) in [5.74, 6) is 0. The third-order valence-electron chi connectivity index (χ3n) is 10.9. The average Bonchev–Trinajstić information content (AvgIpc) is 3.66. The van der Waals surface area contributed by atoms with E-state index in [1.807, 2.05) is 30.4 Å². The number of allylic oxidation sites excluding steroid dienone is 8. The van der Waals surface area contributed by atoms with Crippen LogP contribution in [0, 0.1) is 0 Å². The molecule has 0 N–H and O–H groups in total. The Morgan fingerprint density at radius 2 is 1.27 bits per heavy atom. The zero-order chi connectivity index (χ0) is 38.0. The highest BCUT2D eigenvalue weighted by Crippen LogP contribution is 2.43. The predicted octanol–water partition coefficient (Wildman–Crippen LogP) is 15.2. The molecule has 0 aliphatic heterocycles. The standard InChI is InChI=1S/C54H41NO/c1-4-38-16-9-11-20-46(38)43-28-33-45(34-29-43)55(44-31-26-41(27-32-44)39(5-2)36-37(3)40-17-7-6-8-18-40)52-25-14-13-22-48(52)49-23-15-24-50-51-35-30-42-19-10-12-21-47(42)53(51)56-54(49)50/h4-13,15-24,26-36H,1-3,14,25H2/b39-36+. The van der Waals surface area contributed by atoms with Crippen molar-refractivity contribution < 1.29 is 4.42 Å². The van der Waals surface area contributed by atoms with Crippen molar-refractivity contribution in [3.05, 3.63) is 230 Å². The van der Waals surface area contributed by atoms with Crippen LogP contribution in [0.1, 0.15) is 35.1 Å². The van der Waals surface area contributed by atoms with Gasteiger partial charge in [0.1, 0.15) is 11.2 Å². The summed E-state index contributed by atoms with van der Waals surface area (Å²) in [5, 5.41) is 4.55. The maximum absolute atomic E-state index is 6.88. The molecule has 0 unspecified atom stereocenters. The summed E-state index contributed by atoms with van der Waals surface area (Å²) in [5.41, 5.74) is 15.0. The number of nitrogens with zero attached hydrogens (tertiary/aromatic N) is 1. The SMILES string of the molecule is C=C/C(=C\C(=C)c1ccccc1)c1ccc(N(C2=C(c3cccc4c3oc3c5ccccc5ccc43)C=CCC2)c2ccc(-c3ccccc3C=C)cc2)cc1. The van der Waals surface area contributed by atoms with Crippen molar-refractivity contribution in [2.75, 3.05) is 4.90 Å². The number of hydrogen-bond donors (Lipinski definition) is 0. The van der Waals surface area contributed by atoms with Crippen molar-refractivity contribution in [3.8, 4) is 11.1 Å². The second kappa shape index (κ2) is 14.9. The normalized spacial score (nSPS) is 13.0. The van der Waals surface area contributed by atoms with E-state index in [0.717, 1.165) is 102 Å². The molecule has 0 fully saturated rings. The van der Waals surface area contributed by atoms with Crippen LogP contribution in [-0.2, 0) is 0 Å². The Balaban J connectivity index is 1.20. The molecule has 0 radical (unpaired) electrons. The van der Waals surface area contributed by atoms with E-state index in [1.165, 1.54) is 11.1 Å². The Morgan fingerprint density at radius 1 is 0.589 bits per heavy atom. The number of hydrogen-bond acceptors (Lipinski definition) is 2. The summed E-state index contributed by atoms with van der Waals surface area (Å²) >= 11 is 0. The third kappa shape index (κ3) is 6.32. The van der Waals surface area contributed by atoms with Gasteiger partial charge in [0.2, 0.25) is 0 Å². The Labute approximate surface area is 328 Å². The minimum absolute atomic E-state index is 0.864. The van der Waals surface area contributed by atoms with E-state index in [9.17, 15) is 0 Å². The molecule has 9 rings (SSSR count). The molecule has 0 saturated carbocycles. The first-order valence-corrected chi connectivity index (χ1v) is 19.2. The van der Waals surface area contributed by atoms with Crippen molar-refractivity contribution in [3.63, 3.8) is 0 Å². The average molecular weight is 720 g/mol. The van der Waals surface area contributed by atoms with Crippen LogP contribution in [0.4, 0.5) is 11.4 Å². The third-order valence-corrected chi connectivity index (χ3v) is 10.9. The van der Waals surface area contributed by atoms with Crippen LogP contribution in [0.3, 0.4) is 0 Å². The minimum atomic E-state index is 0.864. The van der Waals surface area contributed by atoms with E-state index >= 15 is 0 Å². The molecule has 2 heteroatoms. The van der Waals surface area contributed by atoms with Gasteiger partial charge in [-0.3, -0.25) is 0 Å². The van der Waals surface area contributed by atoms with Crippen LogP contribution < -0.4 is 4.90 Å². The Kier molecular flexibility index (Phi) is 9.23. The molecule has 0 amide bonds. The smallest absolute Gasteiger partial charge is 0.143 e. The van der Waals surface area contributed by atoms with Crippen molar-refractivity contribution in [2.45, 2.75) is 12.8 Å². The van der Waals surface area contributed by atoms with Gasteiger partial charge >= 0.3 is 0 Å². The molecule has 1 aliphatic rings. The van der Waals surface area contributed by atoms with Crippen LogP contribution in [0.2, 0.25) is 0 Å². The summed E-state index contributed by atoms with van der Waals surface area (Å²) in [6.45, 7) is 12.6. The Hall–Kier alpha value is -7.16. The zero-order valence-electron chi connectivity index (χ0n) is 31.3. The lowest BCUT2D eigenvalue weighted by atomic mass is 9.93. The van der Waals surface area contributed by atoms with Gasteiger partial charge in [0.15, 0.2) is 0 Å². The summed E-state index contributed by atoms with van der Waals surface area (Å²) in [7, 11) is 0. The molecule has 0 spiro atoms. The highest BCUT2D eigenvalue weighted by atomic mass is 16.3. The first-order chi connectivity index (χ1) is 27.6. The second-order valence-corrected chi connectivity index (χ2v) is 14.2. The summed E-state index contributed by atoms with van der Waals surface area (Å²) in [4.78, 5) is 2.42. The number of furan rings is 1. The lowest BCUT2D eigenvalue weighted by Crippen LogP contribution is -2.19. The van der Waals surface area contributed by atoms with Crippen molar-refractivity contribution in [1.82, 2.24) is 0 Å². The summed E-state index contributed by atoms with van der Waals surface area (Å²) < 4.78 is 6.88. The molecule has 268 valence electrons. The molecule has 2 nitrogen and oxygen atoms in total. The number of para-hydroxylation sites is 1. The molecule has 0 bridgehead atoms. The second-order valence-electron chi connectivity index (χ2n) is 14.2. The lowest BCUT2D eigenvalue weighted by Gasteiger charge is -2.32. The van der Waals surface area contributed by atoms with E-state index in [4.69, 9.17) is 4.42 Å². The van der Waals surface area contributed by atoms with Gasteiger partial charge in [0.25, 0.3) is 0 Å². The number of anilines is 2. The molecule has 7 aromatic carbocycles. The minimum Gasteiger partial charge on any atom is -0.455 e. The predicted molar refractivity (Wildman–Crippen MR) is 241 cm³/mol. The van der Waals surface area contributed by atoms with Gasteiger partial charge in [-0.25, -0.2) is 0 Å². The van der Waals surface area contributed by atoms with Crippen LogP contribution in [0.5, 0.6) is 0 Å². The van der Waals surface area contributed by atoms with E-state index in [2.05, 4.69) is 182 Å². The molecule has 1 aliphatic carbocycles. The van der Waals surface area contributed by atoms with Crippen molar-refractivity contribution in [1.29, 1.82) is 0 Å². The Morgan fingerprint density at radius 3 is 2.05 bits per heavy atom. The van der Waals surface area contributed by atoms with Gasteiger partial charge in [-0.05, 0) is 93.6 Å². The van der Waals surface area contributed by atoms with E-state index < -0.39 is 0 Å². The molecular formula is C54H41NO. The Bertz CT molecular complexity index is 2880. The quantitative estimate of drug-likeness (QED) is 0.131. The number of benzene rings is 7. The van der Waals surface area contributed by atoms with Crippen molar-refractivity contribution in [2.24, 2.45) is 0 Å². The number of rotatable bonds is 10. The van der Waals surface area contributed by atoms with Crippen LogP contribution in [0.25, 0.3) is 66.6 Å². The monoisotopic (exact) mass is 719 g/mol. The highest BCUT2D eigenvalue weighted by Gasteiger charge is 2.24. The first-order valence-electron chi connectivity index (χ1n) is 19.2. The van der Waals surface area contributed by atoms with Gasteiger partial charge in [-0.15, -0.1) is 0 Å². The topological polar surface area (TPSA) is 16.4 Å². The van der Waals surface area contributed by atoms with E-state index in [1.54, 1.807) is 0 Å². The highest BCUT2D eigenvalue weighted by molar-refractivity contribution is 6.16. The largest absolute Gasteiger partial charge is 0.455 e. The van der Waals surface area contributed by atoms with Gasteiger partial charge in [-0.1, -0.05) is 171 Å². The number of fused-ring (bicyclic) bond motifs is 5. The summed E-state index contributed by atoms with van der Waals surface area (Å²) in [6.07, 6.45) is 12.3. The maximum Gasteiger partial charge on any atom is 0.143 e. The molecule has 1 aromatic heterocycles. The van der Waals surface area contributed by atoms with E-state index in [-0.39, 0.29) is 0 Å². The van der Waals surface area contributed by atoms with Gasteiger partial charge in [0, 0.05) is 44.4 Å². The van der Waals surface area contributed by atoms with Gasteiger partial charge in [-0.2, -0.15) is 0 Å². The fourth-order valence-corrected chi connectivity index (χ4v) is 8.04. The maximum atomic E-state index is 6.88. The fraction of sp³-hybridized carbons (Fsp3) is 0.0370. The zero-order valence-corrected chi connectivity index (χ0v) is 31.3. The van der Waals surface area contributed by atoms with Crippen LogP contribution in [-0.4, -0.2) is 0 Å². The summed E-state index contributed by atoms with van der Waals surface area (Å²) in [6, 6.07) is 55.8. The van der Waals surface area contributed by atoms with Crippen LogP contribution >= 0.6 is 0 Å². The molecule has 56 heavy (non-hydrogen) atoms. The van der Waals surface area contributed by atoms with Gasteiger partial charge in [0.05, 0.1) is 0 Å². The first kappa shape index (κ1) is 34.6. The molecule has 0 atom stereocenters. The van der Waals surface area contributed by atoms with E-state index in [0.29, 0.717) is 0 Å². The molecular weight excluding hydrogens is 679 g/mol. The lowest BCUT2D eigenvalue weighted by molar-refractivity contribution is 0.671. The van der Waals surface area contributed by atoms with Gasteiger partial charge < -0.3 is 9.32 Å².